The van der Waals surface area contributed by atoms with E-state index in [4.69, 9.17) is 0 Å². The number of aryl methyl sites for hydroxylation is 1. The van der Waals surface area contributed by atoms with E-state index in [0.29, 0.717) is 22.8 Å². The molecule has 8 heteroatoms. The minimum absolute atomic E-state index is 0.151. The number of nitrogens with one attached hydrogen (secondary N) is 1. The van der Waals surface area contributed by atoms with Crippen LogP contribution in [0.5, 0.6) is 0 Å². The molecular formula is C10H10BrN3O3S. The zero-order chi connectivity index (χ0) is 13.5. The SMILES string of the molecule is Cn1nc(NS(C)(=O)=O)c2c(C=O)ccc(Br)c21. The number of carbonyl (C=O) groups is 1. The molecule has 0 saturated heterocycles. The average molecular weight is 332 g/mol. The fourth-order valence-electron chi connectivity index (χ4n) is 1.74. The number of fused-ring (bicyclic) bond motifs is 1. The van der Waals surface area contributed by atoms with E-state index < -0.39 is 10.0 Å². The third-order valence-corrected chi connectivity index (χ3v) is 3.58. The summed E-state index contributed by atoms with van der Waals surface area (Å²) in [5.41, 5.74) is 1.04. The second kappa shape index (κ2) is 4.36. The van der Waals surface area contributed by atoms with Crippen molar-refractivity contribution in [3.05, 3.63) is 22.2 Å². The quantitative estimate of drug-likeness (QED) is 0.864. The highest BCUT2D eigenvalue weighted by Gasteiger charge is 2.17. The maximum absolute atomic E-state index is 11.3. The van der Waals surface area contributed by atoms with Crippen LogP contribution < -0.4 is 4.72 Å². The smallest absolute Gasteiger partial charge is 0.231 e. The fraction of sp³-hybridized carbons (Fsp3) is 0.200. The predicted octanol–water partition coefficient (Wildman–Crippen LogP) is 1.52. The van der Waals surface area contributed by atoms with Crippen molar-refractivity contribution in [3.8, 4) is 0 Å². The van der Waals surface area contributed by atoms with Gasteiger partial charge in [0.15, 0.2) is 12.1 Å². The van der Waals surface area contributed by atoms with Gasteiger partial charge in [-0.05, 0) is 28.1 Å². The van der Waals surface area contributed by atoms with Crippen LogP contribution in [0.4, 0.5) is 5.82 Å². The van der Waals surface area contributed by atoms with Crippen molar-refractivity contribution in [1.29, 1.82) is 0 Å². The fourth-order valence-corrected chi connectivity index (χ4v) is 2.82. The molecule has 1 aromatic carbocycles. The molecule has 0 aliphatic carbocycles. The van der Waals surface area contributed by atoms with Crippen LogP contribution in [-0.2, 0) is 17.1 Å². The molecule has 2 rings (SSSR count). The van der Waals surface area contributed by atoms with Crippen molar-refractivity contribution in [3.63, 3.8) is 0 Å². The Hall–Kier alpha value is -1.41. The second-order valence-electron chi connectivity index (χ2n) is 3.82. The van der Waals surface area contributed by atoms with Crippen LogP contribution in [-0.4, -0.2) is 30.7 Å². The topological polar surface area (TPSA) is 81.1 Å². The predicted molar refractivity (Wildman–Crippen MR) is 72.3 cm³/mol. The summed E-state index contributed by atoms with van der Waals surface area (Å²) in [7, 11) is -1.77. The molecule has 1 aromatic heterocycles. The second-order valence-corrected chi connectivity index (χ2v) is 6.43. The molecule has 0 atom stereocenters. The third-order valence-electron chi connectivity index (χ3n) is 2.38. The molecular weight excluding hydrogens is 322 g/mol. The summed E-state index contributed by atoms with van der Waals surface area (Å²) in [5.74, 6) is 0.151. The lowest BCUT2D eigenvalue weighted by Gasteiger charge is -2.02. The molecule has 96 valence electrons. The molecule has 0 aliphatic heterocycles. The number of anilines is 1. The molecule has 0 radical (unpaired) electrons. The van der Waals surface area contributed by atoms with E-state index in [2.05, 4.69) is 25.8 Å². The lowest BCUT2D eigenvalue weighted by Crippen LogP contribution is -2.10. The molecule has 0 amide bonds. The van der Waals surface area contributed by atoms with Gasteiger partial charge in [-0.15, -0.1) is 0 Å². The molecule has 2 aromatic rings. The number of benzene rings is 1. The summed E-state index contributed by atoms with van der Waals surface area (Å²) in [6.45, 7) is 0. The summed E-state index contributed by atoms with van der Waals surface area (Å²) < 4.78 is 27.1. The van der Waals surface area contributed by atoms with Crippen LogP contribution in [0.1, 0.15) is 10.4 Å². The van der Waals surface area contributed by atoms with Gasteiger partial charge < -0.3 is 0 Å². The van der Waals surface area contributed by atoms with Gasteiger partial charge >= 0.3 is 0 Å². The monoisotopic (exact) mass is 331 g/mol. The van der Waals surface area contributed by atoms with E-state index in [-0.39, 0.29) is 5.82 Å². The lowest BCUT2D eigenvalue weighted by molar-refractivity contribution is 0.112. The first-order chi connectivity index (χ1) is 8.33. The van der Waals surface area contributed by atoms with E-state index in [9.17, 15) is 13.2 Å². The van der Waals surface area contributed by atoms with Crippen LogP contribution >= 0.6 is 15.9 Å². The van der Waals surface area contributed by atoms with Gasteiger partial charge in [-0.25, -0.2) is 8.42 Å². The van der Waals surface area contributed by atoms with Crippen molar-refractivity contribution in [1.82, 2.24) is 9.78 Å². The standard InChI is InChI=1S/C10H10BrN3O3S/c1-14-9-7(11)4-3-6(5-15)8(9)10(12-14)13-18(2,16)17/h3-5H,1-2H3,(H,12,13). The number of rotatable bonds is 3. The Bertz CT molecular complexity index is 736. The van der Waals surface area contributed by atoms with Crippen LogP contribution in [0.2, 0.25) is 0 Å². The van der Waals surface area contributed by atoms with Gasteiger partial charge in [0.1, 0.15) is 0 Å². The van der Waals surface area contributed by atoms with Crippen LogP contribution in [0.3, 0.4) is 0 Å². The molecule has 0 saturated carbocycles. The Labute approximate surface area is 112 Å². The Morgan fingerprint density at radius 2 is 2.11 bits per heavy atom. The number of aldehydes is 1. The van der Waals surface area contributed by atoms with Gasteiger partial charge in [0.25, 0.3) is 0 Å². The summed E-state index contributed by atoms with van der Waals surface area (Å²) in [5, 5.41) is 4.56. The first-order valence-corrected chi connectivity index (χ1v) is 7.60. The molecule has 18 heavy (non-hydrogen) atoms. The molecule has 0 unspecified atom stereocenters. The number of halogens is 1. The first kappa shape index (κ1) is 13.0. The first-order valence-electron chi connectivity index (χ1n) is 4.91. The van der Waals surface area contributed by atoms with Gasteiger partial charge in [-0.1, -0.05) is 0 Å². The van der Waals surface area contributed by atoms with E-state index in [0.717, 1.165) is 10.7 Å². The third kappa shape index (κ3) is 2.25. The zero-order valence-corrected chi connectivity index (χ0v) is 12.0. The molecule has 0 spiro atoms. The summed E-state index contributed by atoms with van der Waals surface area (Å²) >= 11 is 3.35. The Balaban J connectivity index is 2.83. The highest BCUT2D eigenvalue weighted by Crippen LogP contribution is 2.31. The number of sulfonamides is 1. The van der Waals surface area contributed by atoms with E-state index >= 15 is 0 Å². The van der Waals surface area contributed by atoms with Crippen molar-refractivity contribution in [2.45, 2.75) is 0 Å². The van der Waals surface area contributed by atoms with Gasteiger partial charge in [0, 0.05) is 17.1 Å². The lowest BCUT2D eigenvalue weighted by atomic mass is 10.1. The number of carbonyl (C=O) groups excluding carboxylic acids is 1. The van der Waals surface area contributed by atoms with E-state index in [1.165, 1.54) is 4.68 Å². The number of hydrogen-bond donors (Lipinski definition) is 1. The van der Waals surface area contributed by atoms with Gasteiger partial charge in [0.05, 0.1) is 17.2 Å². The number of nitrogens with zero attached hydrogens (tertiary/aromatic N) is 2. The molecule has 6 nitrogen and oxygen atoms in total. The molecule has 1 heterocycles. The van der Waals surface area contributed by atoms with Gasteiger partial charge in [-0.3, -0.25) is 14.2 Å². The Morgan fingerprint density at radius 3 is 2.67 bits per heavy atom. The minimum atomic E-state index is -3.45. The van der Waals surface area contributed by atoms with Gasteiger partial charge in [0.2, 0.25) is 10.0 Å². The van der Waals surface area contributed by atoms with E-state index in [1.54, 1.807) is 19.2 Å². The zero-order valence-electron chi connectivity index (χ0n) is 9.64. The van der Waals surface area contributed by atoms with Crippen molar-refractivity contribution in [2.24, 2.45) is 7.05 Å². The number of hydrogen-bond acceptors (Lipinski definition) is 4. The minimum Gasteiger partial charge on any atom is -0.298 e. The van der Waals surface area contributed by atoms with Crippen molar-refractivity contribution < 1.29 is 13.2 Å². The Kier molecular flexibility index (Phi) is 3.16. The Morgan fingerprint density at radius 1 is 1.44 bits per heavy atom. The van der Waals surface area contributed by atoms with Crippen LogP contribution in [0.25, 0.3) is 10.9 Å². The summed E-state index contributed by atoms with van der Waals surface area (Å²) in [4.78, 5) is 11.0. The summed E-state index contributed by atoms with van der Waals surface area (Å²) in [6, 6.07) is 3.33. The van der Waals surface area contributed by atoms with Crippen molar-refractivity contribution >= 4 is 49.0 Å². The molecule has 0 bridgehead atoms. The molecule has 0 fully saturated rings. The highest BCUT2D eigenvalue weighted by molar-refractivity contribution is 9.10. The van der Waals surface area contributed by atoms with Gasteiger partial charge in [-0.2, -0.15) is 5.10 Å². The maximum Gasteiger partial charge on any atom is 0.231 e. The normalized spacial score (nSPS) is 11.7. The summed E-state index contributed by atoms with van der Waals surface area (Å²) in [6.07, 6.45) is 1.70. The largest absolute Gasteiger partial charge is 0.298 e. The van der Waals surface area contributed by atoms with Crippen LogP contribution in [0, 0.1) is 0 Å². The highest BCUT2D eigenvalue weighted by atomic mass is 79.9. The van der Waals surface area contributed by atoms with Crippen molar-refractivity contribution in [2.75, 3.05) is 11.0 Å². The molecule has 0 aliphatic rings. The number of aromatic nitrogens is 2. The van der Waals surface area contributed by atoms with Crippen LogP contribution in [0.15, 0.2) is 16.6 Å². The molecule has 1 N–H and O–H groups in total. The maximum atomic E-state index is 11.3. The van der Waals surface area contributed by atoms with E-state index in [1.807, 2.05) is 0 Å². The average Bonchev–Trinajstić information content (AvgIpc) is 2.55.